The van der Waals surface area contributed by atoms with E-state index in [-0.39, 0.29) is 12.2 Å². The van der Waals surface area contributed by atoms with Gasteiger partial charge in [0.25, 0.3) is 0 Å². The fourth-order valence-electron chi connectivity index (χ4n) is 4.94. The summed E-state index contributed by atoms with van der Waals surface area (Å²) in [5.74, 6) is 1.89. The summed E-state index contributed by atoms with van der Waals surface area (Å²) in [7, 11) is 0. The second kappa shape index (κ2) is 10.3. The normalized spacial score (nSPS) is 21.5. The second-order valence-electron chi connectivity index (χ2n) is 9.22. The minimum Gasteiger partial charge on any atom is -0.481 e. The van der Waals surface area contributed by atoms with E-state index in [1.807, 2.05) is 30.5 Å². The lowest BCUT2D eigenvalue weighted by atomic mass is 9.85. The molecule has 0 amide bonds. The van der Waals surface area contributed by atoms with Crippen molar-refractivity contribution in [2.45, 2.75) is 57.2 Å². The summed E-state index contributed by atoms with van der Waals surface area (Å²) in [5, 5.41) is 16.3. The Morgan fingerprint density at radius 3 is 2.50 bits per heavy atom. The van der Waals surface area contributed by atoms with Crippen molar-refractivity contribution in [1.29, 1.82) is 0 Å². The van der Waals surface area contributed by atoms with Gasteiger partial charge in [-0.2, -0.15) is 5.10 Å². The lowest BCUT2D eigenvalue weighted by molar-refractivity contribution is -0.138. The maximum atomic E-state index is 10.9. The Morgan fingerprint density at radius 2 is 1.82 bits per heavy atom. The van der Waals surface area contributed by atoms with Crippen molar-refractivity contribution in [3.05, 3.63) is 42.9 Å². The number of aromatic nitrogens is 5. The zero-order valence-corrected chi connectivity index (χ0v) is 19.1. The fourth-order valence-corrected chi connectivity index (χ4v) is 4.94. The number of carbonyl (C=O) groups is 1. The maximum Gasteiger partial charge on any atom is 0.303 e. The highest BCUT2D eigenvalue weighted by Crippen LogP contribution is 2.31. The van der Waals surface area contributed by atoms with Gasteiger partial charge in [0.1, 0.15) is 5.82 Å². The van der Waals surface area contributed by atoms with Gasteiger partial charge < -0.3 is 14.7 Å². The van der Waals surface area contributed by atoms with E-state index in [9.17, 15) is 4.79 Å². The van der Waals surface area contributed by atoms with Crippen molar-refractivity contribution in [3.63, 3.8) is 0 Å². The highest BCUT2D eigenvalue weighted by molar-refractivity contribution is 5.67. The van der Waals surface area contributed by atoms with E-state index in [1.165, 1.54) is 0 Å². The van der Waals surface area contributed by atoms with Gasteiger partial charge in [-0.3, -0.25) is 14.9 Å². The van der Waals surface area contributed by atoms with Gasteiger partial charge in [0.2, 0.25) is 0 Å². The van der Waals surface area contributed by atoms with Gasteiger partial charge in [0.15, 0.2) is 11.6 Å². The van der Waals surface area contributed by atoms with E-state index in [0.717, 1.165) is 68.6 Å². The zero-order chi connectivity index (χ0) is 23.3. The molecule has 9 heteroatoms. The molecule has 5 rings (SSSR count). The van der Waals surface area contributed by atoms with Crippen LogP contribution < -0.4 is 4.90 Å². The van der Waals surface area contributed by atoms with Crippen LogP contribution in [0.5, 0.6) is 0 Å². The molecule has 34 heavy (non-hydrogen) atoms. The summed E-state index contributed by atoms with van der Waals surface area (Å²) in [6.45, 7) is 1.83. The number of nitrogens with zero attached hydrogens (tertiary/aromatic N) is 5. The van der Waals surface area contributed by atoms with Crippen molar-refractivity contribution in [2.75, 3.05) is 18.0 Å². The van der Waals surface area contributed by atoms with Crippen LogP contribution in [0.2, 0.25) is 0 Å². The first-order valence-electron chi connectivity index (χ1n) is 12.1. The minimum absolute atomic E-state index is 0.275. The lowest BCUT2D eigenvalue weighted by Gasteiger charge is -2.36. The molecule has 0 radical (unpaired) electrons. The van der Waals surface area contributed by atoms with Crippen LogP contribution in [0.15, 0.2) is 42.9 Å². The molecule has 1 saturated carbocycles. The average Bonchev–Trinajstić information content (AvgIpc) is 3.37. The Bertz CT molecular complexity index is 1070. The monoisotopic (exact) mass is 462 g/mol. The van der Waals surface area contributed by atoms with Gasteiger partial charge in [-0.05, 0) is 68.7 Å². The van der Waals surface area contributed by atoms with Crippen LogP contribution in [0.1, 0.15) is 44.9 Å². The molecule has 4 heterocycles. The average molecular weight is 463 g/mol. The predicted molar refractivity (Wildman–Crippen MR) is 127 cm³/mol. The first-order valence-corrected chi connectivity index (χ1v) is 12.1. The molecule has 2 aliphatic rings. The Balaban J connectivity index is 1.11. The molecule has 0 unspecified atom stereocenters. The molecule has 9 nitrogen and oxygen atoms in total. The second-order valence-corrected chi connectivity index (χ2v) is 9.22. The smallest absolute Gasteiger partial charge is 0.303 e. The minimum atomic E-state index is -0.686. The number of H-pyrrole nitrogens is 1. The number of aromatic amines is 1. The topological polar surface area (TPSA) is 117 Å². The predicted octanol–water partition coefficient (Wildman–Crippen LogP) is 3.95. The van der Waals surface area contributed by atoms with Crippen LogP contribution >= 0.6 is 0 Å². The standard InChI is InChI=1S/C25H30N6O3/c32-23(33)14-17-3-6-20(7-4-17)34-21-9-12-31(13-10-21)22-8-5-19(16-27-22)25-28-24(29-30-25)18-2-1-11-26-15-18/h1-2,5,8,11,15-17,20-21H,3-4,6-7,9-10,12-14H2,(H,32,33)(H,28,29,30). The highest BCUT2D eigenvalue weighted by atomic mass is 16.5. The van der Waals surface area contributed by atoms with Gasteiger partial charge in [0, 0.05) is 49.2 Å². The Labute approximate surface area is 198 Å². The molecular weight excluding hydrogens is 432 g/mol. The third-order valence-corrected chi connectivity index (χ3v) is 6.83. The first-order chi connectivity index (χ1) is 16.6. The number of hydrogen-bond acceptors (Lipinski definition) is 7. The number of nitrogens with one attached hydrogen (secondary N) is 1. The van der Waals surface area contributed by atoms with Crippen LogP contribution in [0, 0.1) is 5.92 Å². The van der Waals surface area contributed by atoms with Crippen LogP contribution in [-0.4, -0.2) is 61.5 Å². The number of hydrogen-bond donors (Lipinski definition) is 2. The van der Waals surface area contributed by atoms with Crippen molar-refractivity contribution in [2.24, 2.45) is 5.92 Å². The van der Waals surface area contributed by atoms with E-state index < -0.39 is 5.97 Å². The molecule has 2 fully saturated rings. The Morgan fingerprint density at radius 1 is 1.03 bits per heavy atom. The molecule has 0 atom stereocenters. The summed E-state index contributed by atoms with van der Waals surface area (Å²) in [6.07, 6.45) is 12.0. The summed E-state index contributed by atoms with van der Waals surface area (Å²) < 4.78 is 6.37. The molecule has 3 aromatic rings. The van der Waals surface area contributed by atoms with Gasteiger partial charge in [0.05, 0.1) is 12.2 Å². The third kappa shape index (κ3) is 5.41. The van der Waals surface area contributed by atoms with Gasteiger partial charge in [-0.25, -0.2) is 9.97 Å². The van der Waals surface area contributed by atoms with Crippen molar-refractivity contribution in [1.82, 2.24) is 25.1 Å². The maximum absolute atomic E-state index is 10.9. The lowest BCUT2D eigenvalue weighted by Crippen LogP contribution is -2.39. The summed E-state index contributed by atoms with van der Waals surface area (Å²) in [5.41, 5.74) is 1.76. The molecule has 178 valence electrons. The molecule has 3 aromatic heterocycles. The van der Waals surface area contributed by atoms with E-state index >= 15 is 0 Å². The number of carboxylic acid groups (broad SMARTS) is 1. The van der Waals surface area contributed by atoms with E-state index in [4.69, 9.17) is 9.84 Å². The zero-order valence-electron chi connectivity index (χ0n) is 19.1. The van der Waals surface area contributed by atoms with Crippen LogP contribution in [-0.2, 0) is 9.53 Å². The summed E-state index contributed by atoms with van der Waals surface area (Å²) in [6, 6.07) is 7.85. The Hall–Kier alpha value is -3.33. The van der Waals surface area contributed by atoms with Gasteiger partial charge in [-0.15, -0.1) is 0 Å². The molecule has 1 saturated heterocycles. The van der Waals surface area contributed by atoms with Crippen molar-refractivity contribution >= 4 is 11.8 Å². The molecule has 1 aliphatic carbocycles. The van der Waals surface area contributed by atoms with Crippen LogP contribution in [0.25, 0.3) is 22.8 Å². The number of carboxylic acids is 1. The van der Waals surface area contributed by atoms with Gasteiger partial charge in [-0.1, -0.05) is 0 Å². The van der Waals surface area contributed by atoms with Crippen LogP contribution in [0.4, 0.5) is 5.82 Å². The first kappa shape index (κ1) is 22.5. The number of pyridine rings is 2. The highest BCUT2D eigenvalue weighted by Gasteiger charge is 2.28. The molecule has 0 spiro atoms. The number of ether oxygens (including phenoxy) is 1. The number of piperidine rings is 1. The van der Waals surface area contributed by atoms with Crippen molar-refractivity contribution in [3.8, 4) is 22.8 Å². The molecule has 0 aromatic carbocycles. The quantitative estimate of drug-likeness (QED) is 0.542. The number of aliphatic carboxylic acids is 1. The summed E-state index contributed by atoms with van der Waals surface area (Å²) in [4.78, 5) is 26.6. The number of rotatable bonds is 7. The fraction of sp³-hybridized carbons (Fsp3) is 0.480. The van der Waals surface area contributed by atoms with E-state index in [2.05, 4.69) is 30.0 Å². The Kier molecular flexibility index (Phi) is 6.80. The van der Waals surface area contributed by atoms with E-state index in [1.54, 1.807) is 12.4 Å². The van der Waals surface area contributed by atoms with E-state index in [0.29, 0.717) is 24.0 Å². The largest absolute Gasteiger partial charge is 0.481 e. The van der Waals surface area contributed by atoms with Gasteiger partial charge >= 0.3 is 5.97 Å². The third-order valence-electron chi connectivity index (χ3n) is 6.83. The molecular formula is C25H30N6O3. The molecule has 1 aliphatic heterocycles. The summed E-state index contributed by atoms with van der Waals surface area (Å²) >= 11 is 0. The SMILES string of the molecule is O=C(O)CC1CCC(OC2CCN(c3ccc(-c4nc(-c5cccnc5)n[nH]4)cn3)CC2)CC1. The molecule has 0 bridgehead atoms. The van der Waals surface area contributed by atoms with Crippen LogP contribution in [0.3, 0.4) is 0 Å². The number of anilines is 1. The van der Waals surface area contributed by atoms with Crippen molar-refractivity contribution < 1.29 is 14.6 Å². The molecule has 2 N–H and O–H groups in total.